The zero-order valence-corrected chi connectivity index (χ0v) is 45.4. The van der Waals surface area contributed by atoms with Crippen LogP contribution in [0.4, 0.5) is 0 Å². The van der Waals surface area contributed by atoms with E-state index in [9.17, 15) is 5.26 Å². The molecule has 6 nitrogen and oxygen atoms in total. The van der Waals surface area contributed by atoms with Gasteiger partial charge in [-0.3, -0.25) is 0 Å². The molecule has 0 saturated carbocycles. The third kappa shape index (κ3) is 7.32. The zero-order valence-electron chi connectivity index (χ0n) is 45.4. The summed E-state index contributed by atoms with van der Waals surface area (Å²) >= 11 is 0. The summed E-state index contributed by atoms with van der Waals surface area (Å²) in [4.78, 5) is 15.9. The molecule has 0 spiro atoms. The number of aromatic nitrogens is 5. The molecule has 84 heavy (non-hydrogen) atoms. The Morgan fingerprint density at radius 2 is 0.726 bits per heavy atom. The number of para-hydroxylation sites is 2. The van der Waals surface area contributed by atoms with Crippen molar-refractivity contribution >= 4 is 43.6 Å². The Bertz CT molecular complexity index is 5090. The SMILES string of the molecule is N#Cc1ccc(-n2c3ccccc3c3cc(C4c5ccccc5-c5ccccc54)ccc32)c(-c2cc(-n3c4ccccc4c4cc(C5c6ccccc6-c6ccccc65)ccc43)ccc2-c2nc(-c3ccccc3)nc(-c3ccccc3)n2)c1. The fraction of sp³-hybridized carbons (Fsp3) is 0.0256. The third-order valence-electron chi connectivity index (χ3n) is 17.6. The van der Waals surface area contributed by atoms with E-state index in [0.717, 1.165) is 72.0 Å². The first-order valence-corrected chi connectivity index (χ1v) is 28.6. The summed E-state index contributed by atoms with van der Waals surface area (Å²) in [5, 5.41) is 15.6. The van der Waals surface area contributed by atoms with Gasteiger partial charge >= 0.3 is 0 Å². The van der Waals surface area contributed by atoms with Crippen LogP contribution >= 0.6 is 0 Å². The molecule has 0 amide bonds. The lowest BCUT2D eigenvalue weighted by Gasteiger charge is -2.19. The van der Waals surface area contributed by atoms with Crippen LogP contribution in [-0.4, -0.2) is 24.1 Å². The average Bonchev–Trinajstić information content (AvgIpc) is 4.29. The monoisotopic (exact) mass is 1070 g/mol. The molecule has 390 valence electrons. The first kappa shape index (κ1) is 47.5. The van der Waals surface area contributed by atoms with E-state index in [2.05, 4.69) is 221 Å². The molecule has 0 aliphatic heterocycles. The van der Waals surface area contributed by atoms with Crippen molar-refractivity contribution in [3.63, 3.8) is 0 Å². The van der Waals surface area contributed by atoms with Crippen LogP contribution in [0.2, 0.25) is 0 Å². The van der Waals surface area contributed by atoms with Crippen molar-refractivity contribution in [2.45, 2.75) is 11.8 Å². The molecule has 0 bridgehead atoms. The summed E-state index contributed by atoms with van der Waals surface area (Å²) in [6, 6.07) is 102. The van der Waals surface area contributed by atoms with Crippen molar-refractivity contribution in [3.8, 4) is 85.0 Å². The third-order valence-corrected chi connectivity index (χ3v) is 17.6. The maximum atomic E-state index is 10.9. The van der Waals surface area contributed by atoms with Gasteiger partial charge in [0.1, 0.15) is 0 Å². The number of benzene rings is 12. The maximum absolute atomic E-state index is 10.9. The number of nitrogens with zero attached hydrogens (tertiary/aromatic N) is 6. The van der Waals surface area contributed by atoms with Gasteiger partial charge in [0.05, 0.1) is 39.4 Å². The van der Waals surface area contributed by atoms with Crippen molar-refractivity contribution in [2.24, 2.45) is 0 Å². The first-order valence-electron chi connectivity index (χ1n) is 28.6. The van der Waals surface area contributed by atoms with Crippen LogP contribution in [0.15, 0.2) is 279 Å². The van der Waals surface area contributed by atoms with Crippen LogP contribution in [-0.2, 0) is 0 Å². The second-order valence-corrected chi connectivity index (χ2v) is 22.1. The molecule has 0 fully saturated rings. The summed E-state index contributed by atoms with van der Waals surface area (Å²) in [7, 11) is 0. The molecular weight excluding hydrogens is 1020 g/mol. The van der Waals surface area contributed by atoms with Crippen LogP contribution < -0.4 is 0 Å². The van der Waals surface area contributed by atoms with E-state index in [4.69, 9.17) is 15.0 Å². The highest BCUT2D eigenvalue weighted by Crippen LogP contribution is 2.51. The van der Waals surface area contributed by atoms with Gasteiger partial charge in [0, 0.05) is 61.3 Å². The topological polar surface area (TPSA) is 72.3 Å². The standard InChI is InChI=1S/C78H48N6/c79-47-48-35-40-72(84-70-34-18-16-28-59(70)68-45-52(37-42-73(68)84)75-62-31-13-9-25-56(62)57-26-10-14-32-63(57)75)66(43-48)65-46-53(38-39-64(65)78-81-76(49-19-3-1-4-20-49)80-77(82-78)50-21-5-2-6-22-50)83-69-33-17-15-27-58(69)67-44-51(36-41-71(67)83)74-60-29-11-7-23-54(60)55-24-8-12-30-61(55)74/h1-46,74-75H. The Morgan fingerprint density at radius 1 is 0.298 bits per heavy atom. The van der Waals surface area contributed by atoms with Gasteiger partial charge in [-0.05, 0) is 134 Å². The molecule has 6 heteroatoms. The summed E-state index contributed by atoms with van der Waals surface area (Å²) < 4.78 is 4.78. The Morgan fingerprint density at radius 3 is 1.24 bits per heavy atom. The average molecular weight is 1070 g/mol. The first-order chi connectivity index (χ1) is 41.6. The second kappa shape index (κ2) is 18.9. The van der Waals surface area contributed by atoms with Crippen LogP contribution in [0, 0.1) is 11.3 Å². The highest BCUT2D eigenvalue weighted by Gasteiger charge is 2.32. The van der Waals surface area contributed by atoms with E-state index < -0.39 is 0 Å². The van der Waals surface area contributed by atoms with Crippen molar-refractivity contribution in [3.05, 3.63) is 318 Å². The van der Waals surface area contributed by atoms with Crippen molar-refractivity contribution in [1.82, 2.24) is 24.1 Å². The Kier molecular flexibility index (Phi) is 10.7. The van der Waals surface area contributed by atoms with E-state index >= 15 is 0 Å². The predicted molar refractivity (Wildman–Crippen MR) is 341 cm³/mol. The minimum Gasteiger partial charge on any atom is -0.309 e. The predicted octanol–water partition coefficient (Wildman–Crippen LogP) is 18.9. The fourth-order valence-corrected chi connectivity index (χ4v) is 13.9. The highest BCUT2D eigenvalue weighted by atomic mass is 15.0. The molecule has 0 N–H and O–H groups in total. The maximum Gasteiger partial charge on any atom is 0.164 e. The lowest BCUT2D eigenvalue weighted by molar-refractivity contribution is 1.02. The van der Waals surface area contributed by atoms with Gasteiger partial charge in [0.2, 0.25) is 0 Å². The largest absolute Gasteiger partial charge is 0.309 e. The molecule has 0 atom stereocenters. The van der Waals surface area contributed by atoms with E-state index in [0.29, 0.717) is 23.0 Å². The molecule has 12 aromatic carbocycles. The molecule has 0 radical (unpaired) electrons. The molecule has 3 heterocycles. The number of nitriles is 1. The molecule has 2 aliphatic rings. The van der Waals surface area contributed by atoms with Gasteiger partial charge in [0.15, 0.2) is 17.5 Å². The van der Waals surface area contributed by atoms with Gasteiger partial charge in [-0.15, -0.1) is 0 Å². The Labute approximate surface area is 485 Å². The van der Waals surface area contributed by atoms with Crippen molar-refractivity contribution in [1.29, 1.82) is 5.26 Å². The van der Waals surface area contributed by atoms with Gasteiger partial charge in [0.25, 0.3) is 0 Å². The summed E-state index contributed by atoms with van der Waals surface area (Å²) in [5.74, 6) is 1.84. The highest BCUT2D eigenvalue weighted by molar-refractivity contribution is 6.12. The Balaban J connectivity index is 0.912. The molecule has 17 rings (SSSR count). The fourth-order valence-electron chi connectivity index (χ4n) is 13.9. The molecule has 0 saturated heterocycles. The van der Waals surface area contributed by atoms with Gasteiger partial charge in [-0.1, -0.05) is 206 Å². The summed E-state index contributed by atoms with van der Waals surface area (Å²) in [5.41, 5.74) is 24.0. The van der Waals surface area contributed by atoms with E-state index in [1.165, 1.54) is 66.4 Å². The van der Waals surface area contributed by atoms with E-state index in [-0.39, 0.29) is 11.8 Å². The number of fused-ring (bicyclic) bond motifs is 12. The number of hydrogen-bond acceptors (Lipinski definition) is 4. The molecule has 0 unspecified atom stereocenters. The van der Waals surface area contributed by atoms with Gasteiger partial charge in [-0.2, -0.15) is 5.26 Å². The van der Waals surface area contributed by atoms with Crippen molar-refractivity contribution in [2.75, 3.05) is 0 Å². The Hall–Kier alpha value is -11.3. The van der Waals surface area contributed by atoms with Gasteiger partial charge in [-0.25, -0.2) is 15.0 Å². The quantitative estimate of drug-likeness (QED) is 0.152. The molecule has 3 aromatic heterocycles. The smallest absolute Gasteiger partial charge is 0.164 e. The lowest BCUT2D eigenvalue weighted by Crippen LogP contribution is -2.04. The molecular formula is C78H48N6. The minimum atomic E-state index is 0.0881. The summed E-state index contributed by atoms with van der Waals surface area (Å²) in [6.45, 7) is 0. The normalized spacial score (nSPS) is 12.7. The van der Waals surface area contributed by atoms with Crippen LogP contribution in [0.1, 0.15) is 50.8 Å². The molecule has 15 aromatic rings. The van der Waals surface area contributed by atoms with Crippen LogP contribution in [0.25, 0.3) is 123 Å². The van der Waals surface area contributed by atoms with E-state index in [1.807, 2.05) is 72.8 Å². The second-order valence-electron chi connectivity index (χ2n) is 22.1. The minimum absolute atomic E-state index is 0.0881. The lowest BCUT2D eigenvalue weighted by atomic mass is 9.88. The number of hydrogen-bond donors (Lipinski definition) is 0. The van der Waals surface area contributed by atoms with Crippen LogP contribution in [0.5, 0.6) is 0 Å². The van der Waals surface area contributed by atoms with Gasteiger partial charge < -0.3 is 9.13 Å². The van der Waals surface area contributed by atoms with Crippen LogP contribution in [0.3, 0.4) is 0 Å². The zero-order chi connectivity index (χ0) is 55.4. The summed E-state index contributed by atoms with van der Waals surface area (Å²) in [6.07, 6.45) is 0. The van der Waals surface area contributed by atoms with E-state index in [1.54, 1.807) is 0 Å². The number of rotatable bonds is 8. The molecule has 2 aliphatic carbocycles. The van der Waals surface area contributed by atoms with Crippen molar-refractivity contribution < 1.29 is 0 Å².